The van der Waals surface area contributed by atoms with Crippen LogP contribution in [0.1, 0.15) is 13.3 Å². The van der Waals surface area contributed by atoms with E-state index in [9.17, 15) is 19.3 Å². The highest BCUT2D eigenvalue weighted by Gasteiger charge is 2.27. The number of esters is 1. The molecule has 1 rings (SSSR count). The van der Waals surface area contributed by atoms with Gasteiger partial charge in [-0.05, 0) is 34.5 Å². The van der Waals surface area contributed by atoms with E-state index in [0.29, 0.717) is 6.42 Å². The molecule has 0 bridgehead atoms. The molecule has 0 fully saturated rings. The zero-order valence-corrected chi connectivity index (χ0v) is 10.9. The number of carbonyl (C=O) groups excluding carboxylic acids is 1. The summed E-state index contributed by atoms with van der Waals surface area (Å²) >= 11 is 2.81. The lowest BCUT2D eigenvalue weighted by atomic mass is 10.2. The molecular formula is C10H10BrFN2O4. The number of nitrogens with zero attached hydrogens (tertiary/aromatic N) is 1. The van der Waals surface area contributed by atoms with Crippen molar-refractivity contribution in [2.45, 2.75) is 19.4 Å². The molecule has 98 valence electrons. The number of rotatable bonds is 4. The number of carbonyl (C=O) groups is 1. The molecule has 0 amide bonds. The molecule has 1 aromatic carbocycles. The largest absolute Gasteiger partial charge is 0.418 e. The first-order valence-corrected chi connectivity index (χ1v) is 5.77. The van der Waals surface area contributed by atoms with Gasteiger partial charge < -0.3 is 10.5 Å². The summed E-state index contributed by atoms with van der Waals surface area (Å²) in [5.74, 6) is -2.41. The van der Waals surface area contributed by atoms with E-state index in [4.69, 9.17) is 10.5 Å². The normalized spacial score (nSPS) is 12.0. The van der Waals surface area contributed by atoms with Crippen LogP contribution in [0, 0.1) is 15.9 Å². The Morgan fingerprint density at radius 2 is 2.28 bits per heavy atom. The number of nitro groups is 1. The van der Waals surface area contributed by atoms with Gasteiger partial charge in [0.15, 0.2) is 0 Å². The van der Waals surface area contributed by atoms with E-state index in [-0.39, 0.29) is 4.47 Å². The smallest absolute Gasteiger partial charge is 0.348 e. The number of hydrogen-bond acceptors (Lipinski definition) is 5. The van der Waals surface area contributed by atoms with Crippen molar-refractivity contribution < 1.29 is 18.8 Å². The summed E-state index contributed by atoms with van der Waals surface area (Å²) in [4.78, 5) is 21.2. The summed E-state index contributed by atoms with van der Waals surface area (Å²) in [7, 11) is 0. The average Bonchev–Trinajstić information content (AvgIpc) is 2.32. The Bertz CT molecular complexity index is 495. The van der Waals surface area contributed by atoms with Crippen LogP contribution in [0.3, 0.4) is 0 Å². The second-order valence-electron chi connectivity index (χ2n) is 3.40. The van der Waals surface area contributed by atoms with Crippen LogP contribution in [0.2, 0.25) is 0 Å². The minimum Gasteiger partial charge on any atom is -0.418 e. The second kappa shape index (κ2) is 5.87. The van der Waals surface area contributed by atoms with Gasteiger partial charge >= 0.3 is 11.7 Å². The molecule has 0 saturated carbocycles. The van der Waals surface area contributed by atoms with Gasteiger partial charge in [0, 0.05) is 0 Å². The predicted octanol–water partition coefficient (Wildman–Crippen LogP) is 2.14. The third-order valence-electron chi connectivity index (χ3n) is 2.17. The predicted molar refractivity (Wildman–Crippen MR) is 64.7 cm³/mol. The lowest BCUT2D eigenvalue weighted by Crippen LogP contribution is -2.33. The molecule has 0 aliphatic carbocycles. The van der Waals surface area contributed by atoms with Gasteiger partial charge in [-0.25, -0.2) is 4.79 Å². The Labute approximate surface area is 110 Å². The molecule has 0 saturated heterocycles. The van der Waals surface area contributed by atoms with Crippen molar-refractivity contribution in [2.75, 3.05) is 0 Å². The summed E-state index contributed by atoms with van der Waals surface area (Å²) in [5.41, 5.74) is 4.51. The molecule has 1 aromatic rings. The van der Waals surface area contributed by atoms with Gasteiger partial charge in [-0.3, -0.25) is 10.1 Å². The molecule has 0 heterocycles. The lowest BCUT2D eigenvalue weighted by molar-refractivity contribution is -0.388. The van der Waals surface area contributed by atoms with Gasteiger partial charge in [-0.15, -0.1) is 0 Å². The van der Waals surface area contributed by atoms with Crippen LogP contribution >= 0.6 is 15.9 Å². The van der Waals surface area contributed by atoms with Gasteiger partial charge in [0.25, 0.3) is 0 Å². The van der Waals surface area contributed by atoms with Crippen LogP contribution in [-0.4, -0.2) is 16.9 Å². The first-order chi connectivity index (χ1) is 8.38. The van der Waals surface area contributed by atoms with Gasteiger partial charge in [-0.2, -0.15) is 4.39 Å². The van der Waals surface area contributed by atoms with Crippen molar-refractivity contribution in [2.24, 2.45) is 5.73 Å². The fourth-order valence-corrected chi connectivity index (χ4v) is 1.45. The van der Waals surface area contributed by atoms with Crippen molar-refractivity contribution in [3.8, 4) is 5.75 Å². The van der Waals surface area contributed by atoms with Gasteiger partial charge in [0.05, 0.1) is 9.40 Å². The van der Waals surface area contributed by atoms with Crippen molar-refractivity contribution in [3.63, 3.8) is 0 Å². The number of halogens is 2. The van der Waals surface area contributed by atoms with E-state index in [1.807, 2.05) is 0 Å². The standard InChI is InChI=1S/C10H10BrFN2O4/c1-2-6(13)10(15)18-7-4-3-5(11)8(12)9(7)14(16)17/h3-4,6H,2,13H2,1H3. The molecule has 6 nitrogen and oxygen atoms in total. The third kappa shape index (κ3) is 3.02. The number of nitro benzene ring substituents is 1. The maximum absolute atomic E-state index is 13.5. The maximum Gasteiger partial charge on any atom is 0.348 e. The lowest BCUT2D eigenvalue weighted by Gasteiger charge is -2.09. The first kappa shape index (κ1) is 14.5. The topological polar surface area (TPSA) is 95.5 Å². The van der Waals surface area contributed by atoms with Crippen molar-refractivity contribution in [1.29, 1.82) is 0 Å². The molecule has 0 spiro atoms. The molecule has 0 aromatic heterocycles. The third-order valence-corrected chi connectivity index (χ3v) is 2.78. The maximum atomic E-state index is 13.5. The highest BCUT2D eigenvalue weighted by atomic mass is 79.9. The van der Waals surface area contributed by atoms with E-state index in [1.165, 1.54) is 6.07 Å². The van der Waals surface area contributed by atoms with E-state index < -0.39 is 34.2 Å². The van der Waals surface area contributed by atoms with Gasteiger partial charge in [0.1, 0.15) is 6.04 Å². The molecule has 8 heteroatoms. The monoisotopic (exact) mass is 320 g/mol. The molecule has 0 aliphatic rings. The summed E-state index contributed by atoms with van der Waals surface area (Å²) in [6, 6.07) is 1.44. The van der Waals surface area contributed by atoms with Crippen LogP contribution in [0.4, 0.5) is 10.1 Å². The zero-order valence-electron chi connectivity index (χ0n) is 9.35. The first-order valence-electron chi connectivity index (χ1n) is 4.98. The van der Waals surface area contributed by atoms with E-state index in [2.05, 4.69) is 15.9 Å². The van der Waals surface area contributed by atoms with E-state index in [0.717, 1.165) is 6.07 Å². The van der Waals surface area contributed by atoms with Crippen LogP contribution in [0.15, 0.2) is 16.6 Å². The quantitative estimate of drug-likeness (QED) is 0.397. The second-order valence-corrected chi connectivity index (χ2v) is 4.26. The van der Waals surface area contributed by atoms with Crippen molar-refractivity contribution in [1.82, 2.24) is 0 Å². The molecule has 18 heavy (non-hydrogen) atoms. The zero-order chi connectivity index (χ0) is 13.9. The summed E-state index contributed by atoms with van der Waals surface area (Å²) in [5, 5.41) is 10.7. The summed E-state index contributed by atoms with van der Waals surface area (Å²) in [6.07, 6.45) is 0.311. The van der Waals surface area contributed by atoms with Crippen molar-refractivity contribution in [3.05, 3.63) is 32.5 Å². The minimum absolute atomic E-state index is 0.0891. The number of nitrogens with two attached hydrogens (primary N) is 1. The summed E-state index contributed by atoms with van der Waals surface area (Å²) in [6.45, 7) is 1.66. The number of hydrogen-bond donors (Lipinski definition) is 1. The molecule has 2 N–H and O–H groups in total. The highest BCUT2D eigenvalue weighted by molar-refractivity contribution is 9.10. The molecule has 1 unspecified atom stereocenters. The van der Waals surface area contributed by atoms with E-state index >= 15 is 0 Å². The Kier molecular flexibility index (Phi) is 4.74. The SMILES string of the molecule is CCC(N)C(=O)Oc1ccc(Br)c(F)c1[N+](=O)[O-]. The number of ether oxygens (including phenoxy) is 1. The minimum atomic E-state index is -1.10. The Morgan fingerprint density at radius 1 is 1.67 bits per heavy atom. The fourth-order valence-electron chi connectivity index (χ4n) is 1.13. The number of benzene rings is 1. The average molecular weight is 321 g/mol. The Hall–Kier alpha value is -1.54. The van der Waals surface area contributed by atoms with Crippen molar-refractivity contribution >= 4 is 27.6 Å². The van der Waals surface area contributed by atoms with Crippen LogP contribution in [-0.2, 0) is 4.79 Å². The van der Waals surface area contributed by atoms with Gasteiger partial charge in [0.2, 0.25) is 11.6 Å². The fraction of sp³-hybridized carbons (Fsp3) is 0.300. The molecule has 0 radical (unpaired) electrons. The van der Waals surface area contributed by atoms with Crippen LogP contribution < -0.4 is 10.5 Å². The summed E-state index contributed by atoms with van der Waals surface area (Å²) < 4.78 is 18.2. The highest BCUT2D eigenvalue weighted by Crippen LogP contribution is 2.34. The molecule has 1 atom stereocenters. The van der Waals surface area contributed by atoms with E-state index in [1.54, 1.807) is 6.92 Å². The Morgan fingerprint density at radius 3 is 2.78 bits per heavy atom. The molecule has 0 aliphatic heterocycles. The van der Waals surface area contributed by atoms with Crippen LogP contribution in [0.5, 0.6) is 5.75 Å². The molecular weight excluding hydrogens is 311 g/mol. The van der Waals surface area contributed by atoms with Crippen LogP contribution in [0.25, 0.3) is 0 Å². The Balaban J connectivity index is 3.14. The van der Waals surface area contributed by atoms with Gasteiger partial charge in [-0.1, -0.05) is 6.92 Å².